The second-order valence-electron chi connectivity index (χ2n) is 4.07. The fraction of sp³-hybridized carbons (Fsp3) is 0.455. The number of nitrogens with zero attached hydrogens (tertiary/aromatic N) is 3. The van der Waals surface area contributed by atoms with Gasteiger partial charge in [-0.15, -0.1) is 0 Å². The number of anilines is 1. The first kappa shape index (κ1) is 12.3. The predicted octanol–water partition coefficient (Wildman–Crippen LogP) is 1.31. The maximum Gasteiger partial charge on any atom is 0.312 e. The highest BCUT2D eigenvalue weighted by atomic mass is 16.6. The Bertz CT molecular complexity index is 492. The molecule has 0 radical (unpaired) electrons. The number of nitrogens with one attached hydrogen (secondary N) is 1. The van der Waals surface area contributed by atoms with Gasteiger partial charge in [-0.1, -0.05) is 0 Å². The first-order chi connectivity index (χ1) is 8.70. The van der Waals surface area contributed by atoms with Gasteiger partial charge in [0.15, 0.2) is 0 Å². The van der Waals surface area contributed by atoms with Gasteiger partial charge in [0, 0.05) is 31.3 Å². The van der Waals surface area contributed by atoms with Crippen molar-refractivity contribution in [3.05, 3.63) is 27.9 Å². The van der Waals surface area contributed by atoms with Crippen molar-refractivity contribution in [3.8, 4) is 6.07 Å². The fourth-order valence-electron chi connectivity index (χ4n) is 1.78. The Balaban J connectivity index is 2.11. The van der Waals surface area contributed by atoms with E-state index in [9.17, 15) is 10.1 Å². The second kappa shape index (κ2) is 5.42. The molecule has 94 valence electrons. The molecule has 18 heavy (non-hydrogen) atoms. The van der Waals surface area contributed by atoms with Gasteiger partial charge in [-0.25, -0.2) is 4.98 Å². The zero-order valence-corrected chi connectivity index (χ0v) is 9.63. The smallest absolute Gasteiger partial charge is 0.312 e. The molecule has 0 aromatic carbocycles. The van der Waals surface area contributed by atoms with Crippen molar-refractivity contribution in [1.29, 1.82) is 5.26 Å². The van der Waals surface area contributed by atoms with Crippen LogP contribution in [-0.4, -0.2) is 29.7 Å². The second-order valence-corrected chi connectivity index (χ2v) is 4.07. The normalized spacial score (nSPS) is 18.3. The van der Waals surface area contributed by atoms with E-state index < -0.39 is 4.92 Å². The van der Waals surface area contributed by atoms with Crippen molar-refractivity contribution in [1.82, 2.24) is 4.98 Å². The van der Waals surface area contributed by atoms with E-state index in [0.29, 0.717) is 19.1 Å². The highest BCUT2D eigenvalue weighted by molar-refractivity contribution is 5.58. The summed E-state index contributed by atoms with van der Waals surface area (Å²) in [6.07, 6.45) is 2.26. The van der Waals surface area contributed by atoms with Crippen molar-refractivity contribution in [2.75, 3.05) is 25.1 Å². The van der Waals surface area contributed by atoms with Gasteiger partial charge in [-0.05, 0) is 6.42 Å². The Morgan fingerprint density at radius 2 is 2.56 bits per heavy atom. The molecule has 0 amide bonds. The summed E-state index contributed by atoms with van der Waals surface area (Å²) in [6.45, 7) is 1.98. The molecule has 1 atom stereocenters. The molecule has 2 rings (SSSR count). The van der Waals surface area contributed by atoms with E-state index in [2.05, 4.69) is 10.3 Å². The molecular weight excluding hydrogens is 236 g/mol. The summed E-state index contributed by atoms with van der Waals surface area (Å²) in [4.78, 5) is 14.3. The van der Waals surface area contributed by atoms with Gasteiger partial charge in [-0.3, -0.25) is 10.1 Å². The van der Waals surface area contributed by atoms with Crippen molar-refractivity contribution in [3.63, 3.8) is 0 Å². The number of pyridine rings is 1. The molecule has 7 heteroatoms. The van der Waals surface area contributed by atoms with Gasteiger partial charge < -0.3 is 10.1 Å². The standard InChI is InChI=1S/C11H12N4O3/c12-4-9-3-10(15(16)17)11(14-6-9)13-5-8-1-2-18-7-8/h3,6,8H,1-2,5,7H2,(H,13,14)/t8-/m0/s1. The summed E-state index contributed by atoms with van der Waals surface area (Å²) < 4.78 is 5.22. The third-order valence-corrected chi connectivity index (χ3v) is 2.78. The summed E-state index contributed by atoms with van der Waals surface area (Å²) >= 11 is 0. The minimum Gasteiger partial charge on any atom is -0.381 e. The van der Waals surface area contributed by atoms with Crippen LogP contribution in [-0.2, 0) is 4.74 Å². The SMILES string of the molecule is N#Cc1cnc(NC[C@@H]2CCOC2)c([N+](=O)[O-])c1. The van der Waals surface area contributed by atoms with Crippen molar-refractivity contribution >= 4 is 11.5 Å². The van der Waals surface area contributed by atoms with E-state index >= 15 is 0 Å². The van der Waals surface area contributed by atoms with Crippen LogP contribution in [0.1, 0.15) is 12.0 Å². The zero-order valence-electron chi connectivity index (χ0n) is 9.63. The molecule has 0 saturated carbocycles. The van der Waals surface area contributed by atoms with Crippen LogP contribution in [0.4, 0.5) is 11.5 Å². The number of hydrogen-bond acceptors (Lipinski definition) is 6. The molecule has 0 bridgehead atoms. The number of nitro groups is 1. The largest absolute Gasteiger partial charge is 0.381 e. The Morgan fingerprint density at radius 1 is 1.72 bits per heavy atom. The lowest BCUT2D eigenvalue weighted by atomic mass is 10.1. The molecule has 1 aliphatic heterocycles. The average Bonchev–Trinajstić information content (AvgIpc) is 2.89. The Morgan fingerprint density at radius 3 is 3.17 bits per heavy atom. The number of ether oxygens (including phenoxy) is 1. The molecular formula is C11H12N4O3. The van der Waals surface area contributed by atoms with Crippen molar-refractivity contribution in [2.45, 2.75) is 6.42 Å². The topological polar surface area (TPSA) is 101 Å². The Labute approximate surface area is 104 Å². The lowest BCUT2D eigenvalue weighted by molar-refractivity contribution is -0.384. The van der Waals surface area contributed by atoms with E-state index in [1.807, 2.05) is 6.07 Å². The van der Waals surface area contributed by atoms with E-state index in [1.54, 1.807) is 0 Å². The molecule has 1 aromatic rings. The molecule has 1 aromatic heterocycles. The third kappa shape index (κ3) is 2.73. The van der Waals surface area contributed by atoms with Gasteiger partial charge >= 0.3 is 5.69 Å². The molecule has 0 unspecified atom stereocenters. The number of rotatable bonds is 4. The average molecular weight is 248 g/mol. The summed E-state index contributed by atoms with van der Waals surface area (Å²) in [7, 11) is 0. The third-order valence-electron chi connectivity index (χ3n) is 2.78. The number of hydrogen-bond donors (Lipinski definition) is 1. The minimum absolute atomic E-state index is 0.173. The van der Waals surface area contributed by atoms with Crippen molar-refractivity contribution in [2.24, 2.45) is 5.92 Å². The molecule has 2 heterocycles. The Kier molecular flexibility index (Phi) is 3.69. The first-order valence-electron chi connectivity index (χ1n) is 5.57. The van der Waals surface area contributed by atoms with E-state index in [0.717, 1.165) is 13.0 Å². The maximum atomic E-state index is 10.9. The molecule has 0 spiro atoms. The fourth-order valence-corrected chi connectivity index (χ4v) is 1.78. The van der Waals surface area contributed by atoms with E-state index in [-0.39, 0.29) is 17.1 Å². The first-order valence-corrected chi connectivity index (χ1v) is 5.57. The van der Waals surface area contributed by atoms with E-state index in [4.69, 9.17) is 10.00 Å². The van der Waals surface area contributed by atoms with Crippen LogP contribution in [0.2, 0.25) is 0 Å². The highest BCUT2D eigenvalue weighted by Crippen LogP contribution is 2.23. The molecule has 0 aliphatic carbocycles. The quantitative estimate of drug-likeness (QED) is 0.636. The lowest BCUT2D eigenvalue weighted by Crippen LogP contribution is -2.15. The summed E-state index contributed by atoms with van der Waals surface area (Å²) in [5.74, 6) is 0.549. The van der Waals surface area contributed by atoms with Crippen LogP contribution in [0, 0.1) is 27.4 Å². The summed E-state index contributed by atoms with van der Waals surface area (Å²) in [6, 6.07) is 3.05. The van der Waals surface area contributed by atoms with Crippen LogP contribution in [0.5, 0.6) is 0 Å². The monoisotopic (exact) mass is 248 g/mol. The predicted molar refractivity (Wildman–Crippen MR) is 63.0 cm³/mol. The highest BCUT2D eigenvalue weighted by Gasteiger charge is 2.19. The van der Waals surface area contributed by atoms with Gasteiger partial charge in [0.05, 0.1) is 17.1 Å². The number of aromatic nitrogens is 1. The van der Waals surface area contributed by atoms with E-state index in [1.165, 1.54) is 12.3 Å². The van der Waals surface area contributed by atoms with Gasteiger partial charge in [0.25, 0.3) is 0 Å². The van der Waals surface area contributed by atoms with Crippen LogP contribution in [0.25, 0.3) is 0 Å². The molecule has 1 saturated heterocycles. The Hall–Kier alpha value is -2.20. The molecule has 1 N–H and O–H groups in total. The summed E-state index contributed by atoms with van der Waals surface area (Å²) in [5.41, 5.74) is 0.00409. The van der Waals surface area contributed by atoms with Crippen molar-refractivity contribution < 1.29 is 9.66 Å². The minimum atomic E-state index is -0.540. The zero-order chi connectivity index (χ0) is 13.0. The van der Waals surface area contributed by atoms with Crippen LogP contribution in [0.15, 0.2) is 12.3 Å². The summed E-state index contributed by atoms with van der Waals surface area (Å²) in [5, 5.41) is 22.5. The van der Waals surface area contributed by atoms with Gasteiger partial charge in [0.1, 0.15) is 6.07 Å². The molecule has 1 fully saturated rings. The lowest BCUT2D eigenvalue weighted by Gasteiger charge is -2.09. The van der Waals surface area contributed by atoms with Crippen LogP contribution in [0.3, 0.4) is 0 Å². The van der Waals surface area contributed by atoms with Crippen LogP contribution >= 0.6 is 0 Å². The maximum absolute atomic E-state index is 10.9. The van der Waals surface area contributed by atoms with Crippen LogP contribution < -0.4 is 5.32 Å². The molecule has 1 aliphatic rings. The molecule has 7 nitrogen and oxygen atoms in total. The number of nitriles is 1. The van der Waals surface area contributed by atoms with Gasteiger partial charge in [-0.2, -0.15) is 5.26 Å². The van der Waals surface area contributed by atoms with Gasteiger partial charge in [0.2, 0.25) is 5.82 Å².